The summed E-state index contributed by atoms with van der Waals surface area (Å²) in [5.74, 6) is -1.07. The minimum absolute atomic E-state index is 0.338. The van der Waals surface area contributed by atoms with Gasteiger partial charge in [-0.05, 0) is 38.1 Å². The van der Waals surface area contributed by atoms with Gasteiger partial charge in [-0.1, -0.05) is 0 Å². The van der Waals surface area contributed by atoms with E-state index in [-0.39, 0.29) is 18.3 Å². The Hall–Kier alpha value is -2.11. The Morgan fingerprint density at radius 2 is 1.95 bits per heavy atom. The van der Waals surface area contributed by atoms with Crippen LogP contribution in [0, 0.1) is 5.82 Å². The van der Waals surface area contributed by atoms with Crippen molar-refractivity contribution in [2.24, 2.45) is 0 Å². The number of ether oxygens (including phenoxy) is 2. The normalized spacial score (nSPS) is 11.5. The third-order valence-corrected chi connectivity index (χ3v) is 2.20. The second-order valence-corrected chi connectivity index (χ2v) is 3.77. The molecule has 0 saturated heterocycles. The van der Waals surface area contributed by atoms with E-state index in [9.17, 15) is 14.0 Å². The van der Waals surface area contributed by atoms with Gasteiger partial charge in [0.05, 0.1) is 0 Å². The lowest BCUT2D eigenvalue weighted by Gasteiger charge is -2.13. The van der Waals surface area contributed by atoms with E-state index in [1.54, 1.807) is 6.92 Å². The Labute approximate surface area is 110 Å². The molecule has 0 aliphatic heterocycles. The van der Waals surface area contributed by atoms with E-state index in [1.807, 2.05) is 0 Å². The zero-order valence-electron chi connectivity index (χ0n) is 10.8. The summed E-state index contributed by atoms with van der Waals surface area (Å²) in [6.07, 6.45) is -0.871. The molecule has 0 fully saturated rings. The number of amides is 1. The summed E-state index contributed by atoms with van der Waals surface area (Å²) in [5.41, 5.74) is 0. The highest BCUT2D eigenvalue weighted by molar-refractivity contribution is 5.83. The first-order valence-electron chi connectivity index (χ1n) is 5.88. The van der Waals surface area contributed by atoms with Gasteiger partial charge in [0, 0.05) is 6.54 Å². The van der Waals surface area contributed by atoms with Crippen LogP contribution in [0.25, 0.3) is 0 Å². The number of halogens is 1. The van der Waals surface area contributed by atoms with Gasteiger partial charge in [-0.2, -0.15) is 0 Å². The molecule has 0 bridgehead atoms. The number of carbonyl (C=O) groups excluding carboxylic acids is 2. The van der Waals surface area contributed by atoms with E-state index >= 15 is 0 Å². The molecular formula is C13H16FNO4. The number of hydrogen-bond acceptors (Lipinski definition) is 4. The highest BCUT2D eigenvalue weighted by atomic mass is 19.1. The largest absolute Gasteiger partial charge is 0.482 e. The molecule has 0 spiro atoms. The molecule has 1 amide bonds. The second-order valence-electron chi connectivity index (χ2n) is 3.77. The van der Waals surface area contributed by atoms with Gasteiger partial charge in [-0.15, -0.1) is 0 Å². The maximum atomic E-state index is 12.6. The Kier molecular flexibility index (Phi) is 5.78. The second kappa shape index (κ2) is 7.35. The molecular weight excluding hydrogens is 253 g/mol. The number of nitrogens with one attached hydrogen (secondary N) is 1. The predicted octanol–water partition coefficient (Wildman–Crippen LogP) is 1.27. The molecule has 0 aliphatic rings. The van der Waals surface area contributed by atoms with Crippen LogP contribution < -0.4 is 10.1 Å². The summed E-state index contributed by atoms with van der Waals surface area (Å²) in [4.78, 5) is 22.7. The monoisotopic (exact) mass is 269 g/mol. The van der Waals surface area contributed by atoms with Gasteiger partial charge in [-0.25, -0.2) is 9.18 Å². The first-order valence-corrected chi connectivity index (χ1v) is 5.88. The lowest BCUT2D eigenvalue weighted by Crippen LogP contribution is -2.36. The average molecular weight is 269 g/mol. The molecule has 0 heterocycles. The lowest BCUT2D eigenvalue weighted by molar-refractivity contribution is -0.156. The summed E-state index contributed by atoms with van der Waals surface area (Å²) >= 11 is 0. The maximum Gasteiger partial charge on any atom is 0.344 e. The maximum absolute atomic E-state index is 12.6. The smallest absolute Gasteiger partial charge is 0.344 e. The van der Waals surface area contributed by atoms with Crippen molar-refractivity contribution in [2.45, 2.75) is 20.0 Å². The predicted molar refractivity (Wildman–Crippen MR) is 66.1 cm³/mol. The molecule has 6 heteroatoms. The van der Waals surface area contributed by atoms with Crippen molar-refractivity contribution >= 4 is 11.9 Å². The van der Waals surface area contributed by atoms with Crippen LogP contribution in [0.4, 0.5) is 4.39 Å². The average Bonchev–Trinajstić information content (AvgIpc) is 2.38. The van der Waals surface area contributed by atoms with Crippen LogP contribution in [-0.4, -0.2) is 31.1 Å². The van der Waals surface area contributed by atoms with E-state index in [1.165, 1.54) is 31.2 Å². The molecule has 1 rings (SSSR count). The van der Waals surface area contributed by atoms with Crippen LogP contribution in [0.1, 0.15) is 13.8 Å². The molecule has 5 nitrogen and oxygen atoms in total. The SMILES string of the molecule is CCNC(=O)[C@H](C)OC(=O)COc1ccc(F)cc1. The highest BCUT2D eigenvalue weighted by Gasteiger charge is 2.17. The number of rotatable bonds is 6. The zero-order valence-corrected chi connectivity index (χ0v) is 10.8. The Bertz CT molecular complexity index is 433. The van der Waals surface area contributed by atoms with Crippen LogP contribution in [0.5, 0.6) is 5.75 Å². The van der Waals surface area contributed by atoms with E-state index in [0.717, 1.165) is 0 Å². The van der Waals surface area contributed by atoms with Gasteiger partial charge < -0.3 is 14.8 Å². The summed E-state index contributed by atoms with van der Waals surface area (Å²) in [6.45, 7) is 3.37. The van der Waals surface area contributed by atoms with Crippen molar-refractivity contribution < 1.29 is 23.5 Å². The first kappa shape index (κ1) is 14.9. The fraction of sp³-hybridized carbons (Fsp3) is 0.385. The molecule has 1 aromatic rings. The van der Waals surface area contributed by atoms with Crippen molar-refractivity contribution in [3.05, 3.63) is 30.1 Å². The van der Waals surface area contributed by atoms with Crippen LogP contribution in [0.2, 0.25) is 0 Å². The topological polar surface area (TPSA) is 64.6 Å². The fourth-order valence-corrected chi connectivity index (χ4v) is 1.28. The Morgan fingerprint density at radius 1 is 1.32 bits per heavy atom. The summed E-state index contributed by atoms with van der Waals surface area (Å²) in [7, 11) is 0. The number of esters is 1. The van der Waals surface area contributed by atoms with Crippen LogP contribution in [0.15, 0.2) is 24.3 Å². The van der Waals surface area contributed by atoms with E-state index in [0.29, 0.717) is 12.3 Å². The third kappa shape index (κ3) is 5.37. The highest BCUT2D eigenvalue weighted by Crippen LogP contribution is 2.10. The summed E-state index contributed by atoms with van der Waals surface area (Å²) < 4.78 is 22.6. The minimum atomic E-state index is -0.871. The number of hydrogen-bond donors (Lipinski definition) is 1. The molecule has 0 unspecified atom stereocenters. The van der Waals surface area contributed by atoms with Crippen molar-refractivity contribution in [3.63, 3.8) is 0 Å². The molecule has 1 atom stereocenters. The minimum Gasteiger partial charge on any atom is -0.482 e. The molecule has 1 N–H and O–H groups in total. The van der Waals surface area contributed by atoms with Gasteiger partial charge in [0.15, 0.2) is 12.7 Å². The molecule has 19 heavy (non-hydrogen) atoms. The van der Waals surface area contributed by atoms with Crippen LogP contribution in [-0.2, 0) is 14.3 Å². The van der Waals surface area contributed by atoms with E-state index < -0.39 is 12.1 Å². The quantitative estimate of drug-likeness (QED) is 0.790. The first-order chi connectivity index (χ1) is 9.02. The molecule has 0 aromatic heterocycles. The van der Waals surface area contributed by atoms with Crippen LogP contribution >= 0.6 is 0 Å². The molecule has 1 aromatic carbocycles. The molecule has 0 radical (unpaired) electrons. The number of likely N-dealkylation sites (N-methyl/N-ethyl adjacent to an activating group) is 1. The summed E-state index contributed by atoms with van der Waals surface area (Å²) in [6, 6.07) is 5.24. The van der Waals surface area contributed by atoms with Crippen molar-refractivity contribution in [3.8, 4) is 5.75 Å². The third-order valence-electron chi connectivity index (χ3n) is 2.20. The molecule has 104 valence electrons. The van der Waals surface area contributed by atoms with Gasteiger partial charge >= 0.3 is 5.97 Å². The fourth-order valence-electron chi connectivity index (χ4n) is 1.28. The van der Waals surface area contributed by atoms with Crippen LogP contribution in [0.3, 0.4) is 0 Å². The van der Waals surface area contributed by atoms with Gasteiger partial charge in [0.2, 0.25) is 0 Å². The van der Waals surface area contributed by atoms with Gasteiger partial charge in [-0.3, -0.25) is 4.79 Å². The van der Waals surface area contributed by atoms with Crippen molar-refractivity contribution in [2.75, 3.05) is 13.2 Å². The zero-order chi connectivity index (χ0) is 14.3. The van der Waals surface area contributed by atoms with E-state index in [4.69, 9.17) is 9.47 Å². The van der Waals surface area contributed by atoms with Crippen molar-refractivity contribution in [1.82, 2.24) is 5.32 Å². The summed E-state index contributed by atoms with van der Waals surface area (Å²) in [5, 5.41) is 2.53. The van der Waals surface area contributed by atoms with Gasteiger partial charge in [0.1, 0.15) is 11.6 Å². The standard InChI is InChI=1S/C13H16FNO4/c1-3-15-13(17)9(2)19-12(16)8-18-11-6-4-10(14)5-7-11/h4-7,9H,3,8H2,1-2H3,(H,15,17)/t9-/m0/s1. The van der Waals surface area contributed by atoms with Gasteiger partial charge in [0.25, 0.3) is 5.91 Å². The molecule has 0 saturated carbocycles. The Morgan fingerprint density at radius 3 is 2.53 bits per heavy atom. The number of carbonyl (C=O) groups is 2. The van der Waals surface area contributed by atoms with Crippen molar-refractivity contribution in [1.29, 1.82) is 0 Å². The molecule has 0 aliphatic carbocycles. The lowest BCUT2D eigenvalue weighted by atomic mass is 10.3. The Balaban J connectivity index is 2.35. The number of benzene rings is 1. The van der Waals surface area contributed by atoms with E-state index in [2.05, 4.69) is 5.32 Å².